The van der Waals surface area contributed by atoms with Crippen LogP contribution in [0.15, 0.2) is 84.0 Å². The number of hydrogen-bond donors (Lipinski definition) is 1. The molecular formula is C20H19N3O3S. The van der Waals surface area contributed by atoms with Gasteiger partial charge in [-0.2, -0.15) is 0 Å². The Morgan fingerprint density at radius 2 is 1.70 bits per heavy atom. The van der Waals surface area contributed by atoms with E-state index in [2.05, 4.69) is 10.3 Å². The monoisotopic (exact) mass is 381 g/mol. The molecule has 7 heteroatoms. The molecule has 138 valence electrons. The zero-order valence-electron chi connectivity index (χ0n) is 14.7. The third-order valence-corrected chi connectivity index (χ3v) is 5.65. The first-order valence-electron chi connectivity index (χ1n) is 8.31. The highest BCUT2D eigenvalue weighted by atomic mass is 32.2. The van der Waals surface area contributed by atoms with Gasteiger partial charge in [0, 0.05) is 18.1 Å². The number of hydrogen-bond acceptors (Lipinski definition) is 4. The van der Waals surface area contributed by atoms with Crippen LogP contribution >= 0.6 is 0 Å². The van der Waals surface area contributed by atoms with Crippen LogP contribution in [0.4, 0.5) is 11.4 Å². The number of pyridine rings is 1. The van der Waals surface area contributed by atoms with E-state index in [0.717, 1.165) is 9.87 Å². The Balaban J connectivity index is 1.93. The molecule has 0 saturated carbocycles. The Kier molecular flexibility index (Phi) is 5.52. The minimum atomic E-state index is -3.94. The van der Waals surface area contributed by atoms with Crippen LogP contribution in [0.3, 0.4) is 0 Å². The lowest BCUT2D eigenvalue weighted by Crippen LogP contribution is -2.38. The molecule has 0 bridgehead atoms. The lowest BCUT2D eigenvalue weighted by Gasteiger charge is -2.24. The molecule has 0 atom stereocenters. The highest BCUT2D eigenvalue weighted by Gasteiger charge is 2.27. The number of anilines is 2. The number of carbonyl (C=O) groups is 1. The number of amides is 1. The van der Waals surface area contributed by atoms with Gasteiger partial charge in [-0.05, 0) is 43.3 Å². The average Bonchev–Trinajstić information content (AvgIpc) is 2.68. The summed E-state index contributed by atoms with van der Waals surface area (Å²) in [6.07, 6.45) is 2.77. The summed E-state index contributed by atoms with van der Waals surface area (Å²) in [4.78, 5) is 16.4. The molecule has 1 heterocycles. The van der Waals surface area contributed by atoms with Crippen molar-refractivity contribution in [3.63, 3.8) is 0 Å². The summed E-state index contributed by atoms with van der Waals surface area (Å²) < 4.78 is 27.3. The van der Waals surface area contributed by atoms with Gasteiger partial charge in [0.15, 0.2) is 0 Å². The molecule has 0 aliphatic heterocycles. The fourth-order valence-corrected chi connectivity index (χ4v) is 3.89. The Morgan fingerprint density at radius 3 is 2.33 bits per heavy atom. The van der Waals surface area contributed by atoms with E-state index in [1.54, 1.807) is 54.6 Å². The number of aromatic nitrogens is 1. The molecule has 0 spiro atoms. The highest BCUT2D eigenvalue weighted by molar-refractivity contribution is 7.92. The maximum Gasteiger partial charge on any atom is 0.266 e. The molecule has 0 unspecified atom stereocenters. The number of nitrogens with zero attached hydrogens (tertiary/aromatic N) is 2. The van der Waals surface area contributed by atoms with Crippen LogP contribution in [0.5, 0.6) is 0 Å². The van der Waals surface area contributed by atoms with Gasteiger partial charge in [0.05, 0.1) is 5.69 Å². The first-order valence-corrected chi connectivity index (χ1v) is 9.75. The van der Waals surface area contributed by atoms with Crippen LogP contribution < -0.4 is 9.62 Å². The second-order valence-electron chi connectivity index (χ2n) is 5.95. The minimum absolute atomic E-state index is 0.0260. The van der Waals surface area contributed by atoms with E-state index in [9.17, 15) is 13.2 Å². The molecule has 0 aliphatic rings. The largest absolute Gasteiger partial charge is 0.325 e. The van der Waals surface area contributed by atoms with Gasteiger partial charge < -0.3 is 5.32 Å². The predicted octanol–water partition coefficient (Wildman–Crippen LogP) is 3.22. The molecule has 0 aliphatic carbocycles. The van der Waals surface area contributed by atoms with Crippen LogP contribution in [-0.2, 0) is 14.8 Å². The predicted molar refractivity (Wildman–Crippen MR) is 105 cm³/mol. The molecule has 0 fully saturated rings. The van der Waals surface area contributed by atoms with E-state index in [-0.39, 0.29) is 11.4 Å². The van der Waals surface area contributed by atoms with Crippen LogP contribution in [0.25, 0.3) is 0 Å². The van der Waals surface area contributed by atoms with Crippen molar-refractivity contribution in [3.05, 3.63) is 84.7 Å². The standard InChI is InChI=1S/C20H19N3O3S/c1-16-9-11-18(12-10-16)23(27(25,26)19-8-5-13-21-14-19)15-20(24)22-17-6-3-2-4-7-17/h2-14H,15H2,1H3,(H,22,24). The van der Waals surface area contributed by atoms with Gasteiger partial charge in [0.25, 0.3) is 10.0 Å². The fourth-order valence-electron chi connectivity index (χ4n) is 2.51. The van der Waals surface area contributed by atoms with Crippen LogP contribution in [0.1, 0.15) is 5.56 Å². The minimum Gasteiger partial charge on any atom is -0.325 e. The van der Waals surface area contributed by atoms with Crippen molar-refractivity contribution >= 4 is 27.3 Å². The molecular weight excluding hydrogens is 362 g/mol. The molecule has 1 aromatic heterocycles. The van der Waals surface area contributed by atoms with Crippen molar-refractivity contribution in [3.8, 4) is 0 Å². The maximum atomic E-state index is 13.1. The van der Waals surface area contributed by atoms with E-state index < -0.39 is 15.9 Å². The summed E-state index contributed by atoms with van der Waals surface area (Å²) >= 11 is 0. The summed E-state index contributed by atoms with van der Waals surface area (Å²) in [5.74, 6) is -0.436. The lowest BCUT2D eigenvalue weighted by atomic mass is 10.2. The Bertz CT molecular complexity index is 1010. The van der Waals surface area contributed by atoms with Gasteiger partial charge in [-0.3, -0.25) is 14.1 Å². The average molecular weight is 381 g/mol. The highest BCUT2D eigenvalue weighted by Crippen LogP contribution is 2.23. The van der Waals surface area contributed by atoms with Gasteiger partial charge in [-0.1, -0.05) is 35.9 Å². The second-order valence-corrected chi connectivity index (χ2v) is 7.81. The fraction of sp³-hybridized carbons (Fsp3) is 0.100. The molecule has 27 heavy (non-hydrogen) atoms. The first-order chi connectivity index (χ1) is 13.0. The van der Waals surface area contributed by atoms with Crippen molar-refractivity contribution in [1.29, 1.82) is 0 Å². The van der Waals surface area contributed by atoms with Gasteiger partial charge in [-0.15, -0.1) is 0 Å². The Hall–Kier alpha value is -3.19. The smallest absolute Gasteiger partial charge is 0.266 e. The number of rotatable bonds is 6. The van der Waals surface area contributed by atoms with E-state index in [4.69, 9.17) is 0 Å². The Labute approximate surface area is 158 Å². The maximum absolute atomic E-state index is 13.1. The van der Waals surface area contributed by atoms with Gasteiger partial charge in [-0.25, -0.2) is 8.42 Å². The third-order valence-electron chi connectivity index (χ3n) is 3.89. The second kappa shape index (κ2) is 8.01. The van der Waals surface area contributed by atoms with E-state index >= 15 is 0 Å². The van der Waals surface area contributed by atoms with Crippen molar-refractivity contribution in [2.45, 2.75) is 11.8 Å². The quantitative estimate of drug-likeness (QED) is 0.711. The van der Waals surface area contributed by atoms with E-state index in [0.29, 0.717) is 11.4 Å². The number of para-hydroxylation sites is 1. The van der Waals surface area contributed by atoms with E-state index in [1.807, 2.05) is 13.0 Å². The zero-order chi connectivity index (χ0) is 19.3. The third kappa shape index (κ3) is 4.51. The molecule has 6 nitrogen and oxygen atoms in total. The van der Waals surface area contributed by atoms with Crippen molar-refractivity contribution < 1.29 is 13.2 Å². The molecule has 1 N–H and O–H groups in total. The van der Waals surface area contributed by atoms with Crippen molar-refractivity contribution in [1.82, 2.24) is 4.98 Å². The molecule has 0 saturated heterocycles. The summed E-state index contributed by atoms with van der Waals surface area (Å²) in [7, 11) is -3.94. The molecule has 2 aromatic carbocycles. The molecule has 3 aromatic rings. The van der Waals surface area contributed by atoms with Crippen molar-refractivity contribution in [2.24, 2.45) is 0 Å². The first kappa shape index (κ1) is 18.6. The van der Waals surface area contributed by atoms with Gasteiger partial charge >= 0.3 is 0 Å². The van der Waals surface area contributed by atoms with E-state index in [1.165, 1.54) is 18.5 Å². The van der Waals surface area contributed by atoms with Crippen LogP contribution in [-0.4, -0.2) is 25.9 Å². The van der Waals surface area contributed by atoms with Crippen LogP contribution in [0.2, 0.25) is 0 Å². The van der Waals surface area contributed by atoms with Crippen molar-refractivity contribution in [2.75, 3.05) is 16.2 Å². The lowest BCUT2D eigenvalue weighted by molar-refractivity contribution is -0.114. The number of sulfonamides is 1. The topological polar surface area (TPSA) is 79.4 Å². The number of benzene rings is 2. The summed E-state index contributed by atoms with van der Waals surface area (Å²) in [6.45, 7) is 1.56. The summed E-state index contributed by atoms with van der Waals surface area (Å²) in [5.41, 5.74) is 2.00. The summed E-state index contributed by atoms with van der Waals surface area (Å²) in [5, 5.41) is 2.72. The molecule has 1 amide bonds. The van der Waals surface area contributed by atoms with Crippen LogP contribution in [0, 0.1) is 6.92 Å². The molecule has 0 radical (unpaired) electrons. The zero-order valence-corrected chi connectivity index (χ0v) is 15.6. The number of carbonyl (C=O) groups excluding carboxylic acids is 1. The SMILES string of the molecule is Cc1ccc(N(CC(=O)Nc2ccccc2)S(=O)(=O)c2cccnc2)cc1. The number of nitrogens with one attached hydrogen (secondary N) is 1. The summed E-state index contributed by atoms with van der Waals surface area (Å²) in [6, 6.07) is 18.9. The van der Waals surface area contributed by atoms with Gasteiger partial charge in [0.2, 0.25) is 5.91 Å². The Morgan fingerprint density at radius 1 is 1.00 bits per heavy atom. The normalized spacial score (nSPS) is 11.0. The number of aryl methyl sites for hydroxylation is 1. The van der Waals surface area contributed by atoms with Gasteiger partial charge in [0.1, 0.15) is 11.4 Å². The molecule has 3 rings (SSSR count).